The van der Waals surface area contributed by atoms with Crippen molar-refractivity contribution in [3.05, 3.63) is 480 Å². The normalized spacial score (nSPS) is 11.5. The second kappa shape index (κ2) is 32.7. The first-order valence-corrected chi connectivity index (χ1v) is 44.3. The first-order chi connectivity index (χ1) is 64.4. The zero-order chi connectivity index (χ0) is 86.0. The highest BCUT2D eigenvalue weighted by atomic mass is 14.8. The molecule has 27 rings (SSSR count). The van der Waals surface area contributed by atoms with Crippen molar-refractivity contribution < 1.29 is 0 Å². The van der Waals surface area contributed by atoms with Gasteiger partial charge in [-0.25, -0.2) is 0 Å². The second-order valence-electron chi connectivity index (χ2n) is 33.7. The summed E-state index contributed by atoms with van der Waals surface area (Å²) in [6.07, 6.45) is 13.0. The molecule has 0 N–H and O–H groups in total. The van der Waals surface area contributed by atoms with E-state index in [1.807, 2.05) is 85.8 Å². The molecule has 0 saturated heterocycles. The molecule has 5 nitrogen and oxygen atoms in total. The van der Waals surface area contributed by atoms with E-state index in [1.165, 1.54) is 210 Å². The van der Waals surface area contributed by atoms with E-state index in [-0.39, 0.29) is 0 Å². The summed E-state index contributed by atoms with van der Waals surface area (Å²) in [6, 6.07) is 157. The summed E-state index contributed by atoms with van der Waals surface area (Å²) < 4.78 is 0. The fourth-order valence-corrected chi connectivity index (χ4v) is 20.0. The lowest BCUT2D eigenvalue weighted by Crippen LogP contribution is -1.90. The van der Waals surface area contributed by atoms with Crippen LogP contribution >= 0.6 is 0 Å². The zero-order valence-electron chi connectivity index (χ0n) is 70.8. The van der Waals surface area contributed by atoms with Gasteiger partial charge in [0.2, 0.25) is 0 Å². The molecule has 23 aromatic rings. The Morgan fingerprint density at radius 1 is 0.115 bits per heavy atom. The summed E-state index contributed by atoms with van der Waals surface area (Å²) in [5.74, 6) is 0. The standard InChI is InChI=1S/2C33H21N.C32H20N2.C27H17N/c1-2-14-30-29(13-1)31-15-5-11-26-19-28(20-32(30)33(26)31)25-10-4-8-23(18-25)22-7-3-9-24(17-22)27-12-6-16-34-21-27;1-2-11-30-29(10-1)31-12-4-8-26-19-28(20-32(30)33(26)31)25-7-3-6-24(18-25)22-13-15-23(16-14-22)27-9-5-17-34-21-27;1-2-8-21(9-3-1)30-19-34-31(20-33-30)23-11-6-10-22(16-23)25-17-24-12-7-15-28-26-13-4-5-14-27(26)29(18-25)32(24)28;1-2-11-23-22(10-1)24-12-6-9-20-16-21(17-25(23)27(20)24)18-7-5-8-19(15-18)26-13-3-4-14-28-26/h2*1-21H;1-20H;1-17H. The van der Waals surface area contributed by atoms with Crippen LogP contribution in [0.4, 0.5) is 0 Å². The van der Waals surface area contributed by atoms with Crippen LogP contribution in [-0.4, -0.2) is 24.9 Å². The van der Waals surface area contributed by atoms with Crippen LogP contribution in [0.25, 0.3) is 255 Å². The maximum absolute atomic E-state index is 4.72. The molecule has 0 fully saturated rings. The largest absolute Gasteiger partial charge is 0.264 e. The minimum absolute atomic E-state index is 0.875. The van der Waals surface area contributed by atoms with Gasteiger partial charge in [0, 0.05) is 53.2 Å². The second-order valence-corrected chi connectivity index (χ2v) is 33.7. The van der Waals surface area contributed by atoms with Gasteiger partial charge in [-0.1, -0.05) is 334 Å². The predicted octanol–water partition coefficient (Wildman–Crippen LogP) is 33.3. The summed E-state index contributed by atoms with van der Waals surface area (Å²) in [5.41, 5.74) is 46.7. The summed E-state index contributed by atoms with van der Waals surface area (Å²) in [4.78, 5) is 22.4. The Bertz CT molecular complexity index is 8120. The third-order valence-corrected chi connectivity index (χ3v) is 26.1. The minimum atomic E-state index is 0.875. The summed E-state index contributed by atoms with van der Waals surface area (Å²) in [7, 11) is 0. The SMILES string of the molecule is c1ccc(-c2cccc(-c3cc4c5c(cccc5c3)-c3ccccc3-4)c2)nc1.c1ccc(-c2cnc(-c3cccc(-c4cc5c6c(cccc6c4)-c4ccccc4-5)c3)cn2)cc1.c1cncc(-c2ccc(-c3cccc(-c4cc5c6c(cccc6c4)-c4ccccc4-5)c3)cc2)c1.c1cncc(-c2cccc(-c3cccc(-c4cc5c6c(cccc6c4)-c4ccccc4-5)c3)c2)c1. The van der Waals surface area contributed by atoms with Crippen molar-refractivity contribution in [1.82, 2.24) is 24.9 Å². The van der Waals surface area contributed by atoms with Gasteiger partial charge in [-0.15, -0.1) is 0 Å². The van der Waals surface area contributed by atoms with Crippen LogP contribution < -0.4 is 0 Å². The number of hydrogen-bond acceptors (Lipinski definition) is 5. The highest BCUT2D eigenvalue weighted by Gasteiger charge is 2.27. The molecule has 0 bridgehead atoms. The number of nitrogens with zero attached hydrogens (tertiary/aromatic N) is 5. The summed E-state index contributed by atoms with van der Waals surface area (Å²) in [6.45, 7) is 0. The van der Waals surface area contributed by atoms with E-state index in [9.17, 15) is 0 Å². The molecular formula is C125H79N5. The zero-order valence-corrected chi connectivity index (χ0v) is 70.8. The van der Waals surface area contributed by atoms with Crippen molar-refractivity contribution >= 4 is 43.1 Å². The van der Waals surface area contributed by atoms with Gasteiger partial charge >= 0.3 is 0 Å². The molecule has 4 aliphatic rings. The molecular weight excluding hydrogens is 1570 g/mol. The molecule has 0 amide bonds. The number of fused-ring (bicyclic) bond motifs is 12. The Labute approximate surface area is 754 Å². The lowest BCUT2D eigenvalue weighted by atomic mass is 9.93. The van der Waals surface area contributed by atoms with Crippen molar-refractivity contribution in [1.29, 1.82) is 0 Å². The van der Waals surface area contributed by atoms with Crippen molar-refractivity contribution in [2.24, 2.45) is 0 Å². The fourth-order valence-electron chi connectivity index (χ4n) is 20.0. The van der Waals surface area contributed by atoms with Gasteiger partial charge in [0.1, 0.15) is 0 Å². The Kier molecular flexibility index (Phi) is 19.2. The van der Waals surface area contributed by atoms with Crippen LogP contribution in [-0.2, 0) is 0 Å². The number of aromatic nitrogens is 5. The monoisotopic (exact) mass is 1650 g/mol. The predicted molar refractivity (Wildman–Crippen MR) is 542 cm³/mol. The van der Waals surface area contributed by atoms with Crippen LogP contribution in [0.1, 0.15) is 0 Å². The molecule has 19 aromatic carbocycles. The number of pyridine rings is 3. The molecule has 0 aliphatic heterocycles. The van der Waals surface area contributed by atoms with Crippen molar-refractivity contribution in [2.45, 2.75) is 0 Å². The van der Waals surface area contributed by atoms with E-state index in [0.29, 0.717) is 0 Å². The van der Waals surface area contributed by atoms with E-state index in [2.05, 4.69) is 414 Å². The average Bonchev–Trinajstić information content (AvgIpc) is 1.59. The van der Waals surface area contributed by atoms with E-state index in [0.717, 1.165) is 44.9 Å². The Morgan fingerprint density at radius 2 is 0.369 bits per heavy atom. The number of hydrogen-bond donors (Lipinski definition) is 0. The topological polar surface area (TPSA) is 64.5 Å². The van der Waals surface area contributed by atoms with Gasteiger partial charge in [0.15, 0.2) is 0 Å². The molecule has 0 radical (unpaired) electrons. The van der Waals surface area contributed by atoms with E-state index in [1.54, 1.807) is 0 Å². The average molecular weight is 1650 g/mol. The molecule has 604 valence electrons. The Morgan fingerprint density at radius 3 is 0.708 bits per heavy atom. The molecule has 4 heterocycles. The third kappa shape index (κ3) is 14.0. The van der Waals surface area contributed by atoms with Gasteiger partial charge in [-0.3, -0.25) is 24.9 Å². The smallest absolute Gasteiger partial charge is 0.0885 e. The van der Waals surface area contributed by atoms with Crippen molar-refractivity contribution in [2.75, 3.05) is 0 Å². The van der Waals surface area contributed by atoms with Crippen molar-refractivity contribution in [3.8, 4) is 212 Å². The quantitative estimate of drug-likeness (QED) is 0.129. The van der Waals surface area contributed by atoms with E-state index < -0.39 is 0 Å². The molecule has 0 unspecified atom stereocenters. The first kappa shape index (κ1) is 76.4. The Hall–Kier alpha value is -17.3. The Balaban J connectivity index is 0.0000000963. The highest BCUT2D eigenvalue weighted by molar-refractivity contribution is 6.20. The van der Waals surface area contributed by atoms with Crippen LogP contribution in [0.15, 0.2) is 480 Å². The maximum atomic E-state index is 4.72. The van der Waals surface area contributed by atoms with Gasteiger partial charge < -0.3 is 0 Å². The number of benzene rings is 19. The van der Waals surface area contributed by atoms with Gasteiger partial charge in [-0.2, -0.15) is 0 Å². The lowest BCUT2D eigenvalue weighted by Gasteiger charge is -2.11. The van der Waals surface area contributed by atoms with E-state index in [4.69, 9.17) is 4.98 Å². The molecule has 4 aliphatic carbocycles. The summed E-state index contributed by atoms with van der Waals surface area (Å²) >= 11 is 0. The third-order valence-electron chi connectivity index (χ3n) is 26.1. The first-order valence-electron chi connectivity index (χ1n) is 44.3. The molecule has 130 heavy (non-hydrogen) atoms. The van der Waals surface area contributed by atoms with Gasteiger partial charge in [-0.05, 0) is 319 Å². The van der Waals surface area contributed by atoms with Gasteiger partial charge in [0.05, 0.1) is 29.5 Å². The van der Waals surface area contributed by atoms with Gasteiger partial charge in [0.25, 0.3) is 0 Å². The molecule has 0 atom stereocenters. The summed E-state index contributed by atoms with van der Waals surface area (Å²) in [5, 5.41) is 10.6. The van der Waals surface area contributed by atoms with Crippen LogP contribution in [0.2, 0.25) is 0 Å². The molecule has 0 saturated carbocycles. The number of rotatable bonds is 11. The molecule has 4 aromatic heterocycles. The fraction of sp³-hybridized carbons (Fsp3) is 0. The lowest BCUT2D eigenvalue weighted by molar-refractivity contribution is 1.21. The van der Waals surface area contributed by atoms with Crippen LogP contribution in [0, 0.1) is 0 Å². The highest BCUT2D eigenvalue weighted by Crippen LogP contribution is 2.54. The van der Waals surface area contributed by atoms with Crippen LogP contribution in [0.3, 0.4) is 0 Å². The molecule has 0 spiro atoms. The van der Waals surface area contributed by atoms with E-state index >= 15 is 0 Å². The molecule has 5 heteroatoms. The minimum Gasteiger partial charge on any atom is -0.264 e. The van der Waals surface area contributed by atoms with Crippen molar-refractivity contribution in [3.63, 3.8) is 0 Å². The van der Waals surface area contributed by atoms with Crippen LogP contribution in [0.5, 0.6) is 0 Å². The maximum Gasteiger partial charge on any atom is 0.0885 e.